The number of nitrogens with zero attached hydrogens (tertiary/aromatic N) is 2. The van der Waals surface area contributed by atoms with Crippen LogP contribution in [0.25, 0.3) is 0 Å². The third-order valence-electron chi connectivity index (χ3n) is 4.54. The summed E-state index contributed by atoms with van der Waals surface area (Å²) in [5.74, 6) is 2.60. The minimum absolute atomic E-state index is 0.795. The van der Waals surface area contributed by atoms with Crippen LogP contribution in [0, 0.1) is 6.92 Å². The van der Waals surface area contributed by atoms with E-state index >= 15 is 0 Å². The van der Waals surface area contributed by atoms with Crippen molar-refractivity contribution in [3.63, 3.8) is 0 Å². The third-order valence-corrected chi connectivity index (χ3v) is 4.54. The molecule has 0 bridgehead atoms. The van der Waals surface area contributed by atoms with Crippen molar-refractivity contribution in [1.29, 1.82) is 0 Å². The lowest BCUT2D eigenvalue weighted by atomic mass is 9.97. The molecule has 4 heteroatoms. The molecule has 4 nitrogen and oxygen atoms in total. The molecule has 1 aliphatic rings. The number of rotatable bonds is 8. The van der Waals surface area contributed by atoms with Gasteiger partial charge in [0, 0.05) is 19.2 Å². The predicted octanol–water partition coefficient (Wildman–Crippen LogP) is 4.74. The van der Waals surface area contributed by atoms with Crippen LogP contribution in [-0.2, 0) is 6.42 Å². The standard InChI is InChI=1S/C21H28N4/c1-17-24-20(22-14-12-18-8-4-2-5-9-18)16-21(25-17)23-15-13-19-10-6-3-7-11-19/h2,4-5,8-10,16H,3,6-7,11-15H2,1H3,(H2,22,23,24,25). The van der Waals surface area contributed by atoms with E-state index in [2.05, 4.69) is 50.9 Å². The summed E-state index contributed by atoms with van der Waals surface area (Å²) in [4.78, 5) is 8.99. The van der Waals surface area contributed by atoms with E-state index in [4.69, 9.17) is 0 Å². The average molecular weight is 336 g/mol. The molecule has 1 heterocycles. The molecule has 0 fully saturated rings. The van der Waals surface area contributed by atoms with Crippen LogP contribution < -0.4 is 10.6 Å². The van der Waals surface area contributed by atoms with Crippen molar-refractivity contribution < 1.29 is 0 Å². The predicted molar refractivity (Wildman–Crippen MR) is 105 cm³/mol. The van der Waals surface area contributed by atoms with Crippen molar-refractivity contribution >= 4 is 11.6 Å². The summed E-state index contributed by atoms with van der Waals surface area (Å²) in [6.45, 7) is 3.75. The molecule has 2 N–H and O–H groups in total. The minimum atomic E-state index is 0.795. The van der Waals surface area contributed by atoms with Crippen LogP contribution in [0.4, 0.5) is 11.6 Å². The van der Waals surface area contributed by atoms with Crippen molar-refractivity contribution in [3.8, 4) is 0 Å². The lowest BCUT2D eigenvalue weighted by Gasteiger charge is -2.14. The maximum Gasteiger partial charge on any atom is 0.131 e. The highest BCUT2D eigenvalue weighted by Crippen LogP contribution is 2.20. The molecule has 0 atom stereocenters. The molecule has 0 amide bonds. The molecule has 1 aromatic heterocycles. The van der Waals surface area contributed by atoms with Crippen LogP contribution in [0.1, 0.15) is 43.5 Å². The van der Waals surface area contributed by atoms with Gasteiger partial charge in [0.05, 0.1) is 0 Å². The summed E-state index contributed by atoms with van der Waals surface area (Å²) in [5, 5.41) is 6.86. The van der Waals surface area contributed by atoms with Crippen LogP contribution in [0.5, 0.6) is 0 Å². The Morgan fingerprint density at radius 2 is 1.64 bits per heavy atom. The average Bonchev–Trinajstić information content (AvgIpc) is 2.63. The highest BCUT2D eigenvalue weighted by atomic mass is 15.1. The first-order chi connectivity index (χ1) is 12.3. The maximum absolute atomic E-state index is 4.50. The van der Waals surface area contributed by atoms with Crippen LogP contribution in [-0.4, -0.2) is 23.1 Å². The summed E-state index contributed by atoms with van der Waals surface area (Å²) >= 11 is 0. The number of hydrogen-bond acceptors (Lipinski definition) is 4. The van der Waals surface area contributed by atoms with Gasteiger partial charge in [0.2, 0.25) is 0 Å². The van der Waals surface area contributed by atoms with Crippen molar-refractivity contribution in [2.45, 2.75) is 45.4 Å². The van der Waals surface area contributed by atoms with Crippen LogP contribution in [0.3, 0.4) is 0 Å². The van der Waals surface area contributed by atoms with E-state index in [0.29, 0.717) is 0 Å². The van der Waals surface area contributed by atoms with E-state index in [-0.39, 0.29) is 0 Å². The molecule has 0 aliphatic heterocycles. The Morgan fingerprint density at radius 1 is 0.920 bits per heavy atom. The van der Waals surface area contributed by atoms with Crippen LogP contribution in [0.15, 0.2) is 48.0 Å². The fourth-order valence-corrected chi connectivity index (χ4v) is 3.21. The first kappa shape index (κ1) is 17.5. The lowest BCUT2D eigenvalue weighted by Crippen LogP contribution is -2.10. The maximum atomic E-state index is 4.50. The molecule has 0 spiro atoms. The number of aromatic nitrogens is 2. The molecule has 3 rings (SSSR count). The van der Waals surface area contributed by atoms with Crippen molar-refractivity contribution in [3.05, 3.63) is 59.4 Å². The van der Waals surface area contributed by atoms with Gasteiger partial charge in [0.1, 0.15) is 17.5 Å². The normalized spacial score (nSPS) is 14.0. The highest BCUT2D eigenvalue weighted by molar-refractivity contribution is 5.47. The highest BCUT2D eigenvalue weighted by Gasteiger charge is 2.05. The zero-order valence-corrected chi connectivity index (χ0v) is 15.1. The molecular formula is C21H28N4. The molecule has 2 aromatic rings. The van der Waals surface area contributed by atoms with E-state index in [1.165, 1.54) is 31.2 Å². The molecule has 1 aliphatic carbocycles. The number of benzene rings is 1. The van der Waals surface area contributed by atoms with Gasteiger partial charge < -0.3 is 10.6 Å². The summed E-state index contributed by atoms with van der Waals surface area (Å²) in [7, 11) is 0. The van der Waals surface area contributed by atoms with E-state index in [0.717, 1.165) is 43.4 Å². The molecule has 0 unspecified atom stereocenters. The minimum Gasteiger partial charge on any atom is -0.370 e. The first-order valence-electron chi connectivity index (χ1n) is 9.35. The smallest absolute Gasteiger partial charge is 0.131 e. The topological polar surface area (TPSA) is 49.8 Å². The van der Waals surface area contributed by atoms with Gasteiger partial charge in [0.15, 0.2) is 0 Å². The van der Waals surface area contributed by atoms with Crippen LogP contribution >= 0.6 is 0 Å². The van der Waals surface area contributed by atoms with Crippen molar-refractivity contribution in [1.82, 2.24) is 9.97 Å². The van der Waals surface area contributed by atoms with Crippen molar-refractivity contribution in [2.75, 3.05) is 23.7 Å². The molecule has 0 saturated heterocycles. The molecule has 1 aromatic carbocycles. The Kier molecular flexibility index (Phi) is 6.43. The first-order valence-corrected chi connectivity index (χ1v) is 9.35. The quantitative estimate of drug-likeness (QED) is 0.684. The van der Waals surface area contributed by atoms with Gasteiger partial charge in [-0.3, -0.25) is 0 Å². The van der Waals surface area contributed by atoms with Gasteiger partial charge in [0.25, 0.3) is 0 Å². The second kappa shape index (κ2) is 9.21. The summed E-state index contributed by atoms with van der Waals surface area (Å²) in [5.41, 5.74) is 2.92. The van der Waals surface area contributed by atoms with Gasteiger partial charge in [-0.05, 0) is 51.0 Å². The molecule has 25 heavy (non-hydrogen) atoms. The number of hydrogen-bond donors (Lipinski definition) is 2. The Bertz CT molecular complexity index is 694. The van der Waals surface area contributed by atoms with Gasteiger partial charge in [-0.15, -0.1) is 0 Å². The van der Waals surface area contributed by atoms with Crippen molar-refractivity contribution in [2.24, 2.45) is 0 Å². The fourth-order valence-electron chi connectivity index (χ4n) is 3.21. The Labute approximate surface area is 150 Å². The molecule has 0 saturated carbocycles. The van der Waals surface area contributed by atoms with Gasteiger partial charge in [-0.2, -0.15) is 0 Å². The van der Waals surface area contributed by atoms with Gasteiger partial charge >= 0.3 is 0 Å². The van der Waals surface area contributed by atoms with Crippen LogP contribution in [0.2, 0.25) is 0 Å². The number of anilines is 2. The summed E-state index contributed by atoms with van der Waals surface area (Å²) in [6, 6.07) is 12.5. The van der Waals surface area contributed by atoms with E-state index in [9.17, 15) is 0 Å². The zero-order chi connectivity index (χ0) is 17.3. The third kappa shape index (κ3) is 5.89. The lowest BCUT2D eigenvalue weighted by molar-refractivity contribution is 0.679. The Hall–Kier alpha value is -2.36. The fraction of sp³-hybridized carbons (Fsp3) is 0.429. The second-order valence-electron chi connectivity index (χ2n) is 6.63. The number of aryl methyl sites for hydroxylation is 1. The monoisotopic (exact) mass is 336 g/mol. The van der Waals surface area contributed by atoms with E-state index in [1.807, 2.05) is 19.1 Å². The van der Waals surface area contributed by atoms with E-state index < -0.39 is 0 Å². The van der Waals surface area contributed by atoms with E-state index in [1.54, 1.807) is 5.57 Å². The van der Waals surface area contributed by atoms with Gasteiger partial charge in [-0.1, -0.05) is 42.0 Å². The number of allylic oxidation sites excluding steroid dienone is 1. The summed E-state index contributed by atoms with van der Waals surface area (Å²) in [6.07, 6.45) is 9.70. The second-order valence-corrected chi connectivity index (χ2v) is 6.63. The SMILES string of the molecule is Cc1nc(NCCC2=CCCCC2)cc(NCCc2ccccc2)n1. The number of nitrogens with one attached hydrogen (secondary N) is 2. The molecule has 132 valence electrons. The Morgan fingerprint density at radius 3 is 2.32 bits per heavy atom. The Balaban J connectivity index is 1.48. The van der Waals surface area contributed by atoms with Gasteiger partial charge in [-0.25, -0.2) is 9.97 Å². The largest absolute Gasteiger partial charge is 0.370 e. The summed E-state index contributed by atoms with van der Waals surface area (Å²) < 4.78 is 0. The molecular weight excluding hydrogens is 308 g/mol. The molecule has 0 radical (unpaired) electrons. The zero-order valence-electron chi connectivity index (χ0n) is 15.1.